The summed E-state index contributed by atoms with van der Waals surface area (Å²) in [7, 11) is 0.672. The molecule has 3 nitrogen and oxygen atoms in total. The number of unbranched alkanes of at least 4 members (excludes halogenated alkanes) is 33. The molecule has 0 aromatic rings. The minimum absolute atomic E-state index is 0.672. The average molecular weight is 755 g/mol. The molecule has 0 bridgehead atoms. The Balaban J connectivity index is 3.05. The Morgan fingerprint density at radius 1 is 0.353 bits per heavy atom. The largest absolute Gasteiger partial charge is 0.417 e. The summed E-state index contributed by atoms with van der Waals surface area (Å²) in [6, 6.07) is 1.18. The molecule has 0 aliphatic carbocycles. The molecule has 0 N–H and O–H groups in total. The number of thiol groups is 1. The minimum atomic E-state index is 0.672. The van der Waals surface area contributed by atoms with Crippen LogP contribution in [-0.4, -0.2) is 48.6 Å². The molecule has 0 heterocycles. The highest BCUT2D eigenvalue weighted by atomic mass is 32.1. The van der Waals surface area contributed by atoms with Crippen molar-refractivity contribution in [1.29, 1.82) is 0 Å². The zero-order valence-electron chi connectivity index (χ0n) is 35.2. The van der Waals surface area contributed by atoms with E-state index in [0.717, 1.165) is 38.8 Å². The maximum Gasteiger partial charge on any atom is 0.229 e. The summed E-state index contributed by atoms with van der Waals surface area (Å²) in [5, 5.41) is 0. The quantitative estimate of drug-likeness (QED) is 0.0381. The number of hydrogen-bond donors (Lipinski definition) is 1. The van der Waals surface area contributed by atoms with Crippen LogP contribution in [0.15, 0.2) is 0 Å². The Bertz CT molecular complexity index is 595. The summed E-state index contributed by atoms with van der Waals surface area (Å²) in [5.74, 6) is 1.67. The normalized spacial score (nSPS) is 12.3. The molecule has 5 heteroatoms. The Morgan fingerprint density at radius 3 is 0.843 bits per heavy atom. The highest BCUT2D eigenvalue weighted by Crippen LogP contribution is 2.15. The van der Waals surface area contributed by atoms with Crippen molar-refractivity contribution in [3.05, 3.63) is 0 Å². The van der Waals surface area contributed by atoms with Gasteiger partial charge in [-0.05, 0) is 49.8 Å². The van der Waals surface area contributed by atoms with Crippen LogP contribution in [0.3, 0.4) is 0 Å². The predicted octanol–water partition coefficient (Wildman–Crippen LogP) is 15.7. The van der Waals surface area contributed by atoms with Crippen molar-refractivity contribution in [1.82, 2.24) is 0 Å². The smallest absolute Gasteiger partial charge is 0.229 e. The first-order chi connectivity index (χ1) is 25.3. The molecule has 0 saturated carbocycles. The van der Waals surface area contributed by atoms with Crippen molar-refractivity contribution in [2.45, 2.75) is 251 Å². The Hall–Kier alpha value is 0.447. The zero-order chi connectivity index (χ0) is 36.8. The Morgan fingerprint density at radius 2 is 0.588 bits per heavy atom. The summed E-state index contributed by atoms with van der Waals surface area (Å²) in [4.78, 5) is 0. The van der Waals surface area contributed by atoms with E-state index in [1.807, 2.05) is 0 Å². The Labute approximate surface area is 330 Å². The average Bonchev–Trinajstić information content (AvgIpc) is 3.14. The molecule has 0 aliphatic heterocycles. The fourth-order valence-corrected chi connectivity index (χ4v) is 8.12. The fourth-order valence-electron chi connectivity index (χ4n) is 6.91. The van der Waals surface area contributed by atoms with Crippen molar-refractivity contribution in [3.8, 4) is 0 Å². The highest BCUT2D eigenvalue weighted by Gasteiger charge is 2.01. The topological polar surface area (TPSA) is 27.7 Å². The molecule has 1 atom stereocenters. The molecule has 1 unspecified atom stereocenters. The molecule has 0 spiro atoms. The number of ether oxygens (including phenoxy) is 2. The van der Waals surface area contributed by atoms with Crippen LogP contribution in [0.1, 0.15) is 245 Å². The molecule has 0 aliphatic rings. The SMILES string of the molecule is CCCCCCCCCCCCOCCCCCCCCCCCCCCOCCCCCCCCCCCCCCCCO[Si]CC(C)CS. The molecular weight excluding hydrogens is 661 g/mol. The maximum absolute atomic E-state index is 5.91. The lowest BCUT2D eigenvalue weighted by Gasteiger charge is -2.07. The number of hydrogen-bond acceptors (Lipinski definition) is 4. The van der Waals surface area contributed by atoms with Gasteiger partial charge in [0.1, 0.15) is 0 Å². The first-order valence-corrected chi connectivity index (χ1v) is 25.2. The van der Waals surface area contributed by atoms with E-state index in [2.05, 4.69) is 26.5 Å². The summed E-state index contributed by atoms with van der Waals surface area (Å²) in [6.45, 7) is 9.45. The third-order valence-corrected chi connectivity index (χ3v) is 12.5. The van der Waals surface area contributed by atoms with Gasteiger partial charge in [0.25, 0.3) is 0 Å². The molecule has 0 aromatic heterocycles. The molecule has 51 heavy (non-hydrogen) atoms. The molecule has 2 radical (unpaired) electrons. The fraction of sp³-hybridized carbons (Fsp3) is 1.00. The first-order valence-electron chi connectivity index (χ1n) is 23.4. The first kappa shape index (κ1) is 51.4. The minimum Gasteiger partial charge on any atom is -0.417 e. The molecule has 0 amide bonds. The van der Waals surface area contributed by atoms with Crippen LogP contribution in [-0.2, 0) is 13.9 Å². The van der Waals surface area contributed by atoms with Crippen molar-refractivity contribution < 1.29 is 13.9 Å². The second-order valence-corrected chi connectivity index (χ2v) is 17.4. The lowest BCUT2D eigenvalue weighted by Crippen LogP contribution is -2.06. The van der Waals surface area contributed by atoms with E-state index < -0.39 is 0 Å². The van der Waals surface area contributed by atoms with Gasteiger partial charge in [-0.25, -0.2) is 0 Å². The van der Waals surface area contributed by atoms with Gasteiger partial charge in [0, 0.05) is 33.0 Å². The molecular formula is C46H94O3SSi. The lowest BCUT2D eigenvalue weighted by molar-refractivity contribution is 0.125. The third-order valence-electron chi connectivity index (χ3n) is 10.6. The van der Waals surface area contributed by atoms with E-state index in [9.17, 15) is 0 Å². The van der Waals surface area contributed by atoms with Crippen LogP contribution in [0, 0.1) is 5.92 Å². The van der Waals surface area contributed by atoms with E-state index >= 15 is 0 Å². The highest BCUT2D eigenvalue weighted by molar-refractivity contribution is 7.80. The van der Waals surface area contributed by atoms with E-state index in [1.54, 1.807) is 0 Å². The summed E-state index contributed by atoms with van der Waals surface area (Å²) < 4.78 is 17.5. The van der Waals surface area contributed by atoms with E-state index in [1.165, 1.54) is 237 Å². The van der Waals surface area contributed by atoms with Gasteiger partial charge in [-0.1, -0.05) is 213 Å². The van der Waals surface area contributed by atoms with E-state index in [4.69, 9.17) is 13.9 Å². The predicted molar refractivity (Wildman–Crippen MR) is 233 cm³/mol. The van der Waals surface area contributed by atoms with Gasteiger partial charge in [-0.3, -0.25) is 0 Å². The van der Waals surface area contributed by atoms with Crippen LogP contribution >= 0.6 is 12.6 Å². The van der Waals surface area contributed by atoms with Crippen molar-refractivity contribution >= 4 is 22.4 Å². The van der Waals surface area contributed by atoms with Gasteiger partial charge in [0.05, 0.1) is 0 Å². The van der Waals surface area contributed by atoms with Gasteiger partial charge < -0.3 is 13.9 Å². The molecule has 306 valence electrons. The summed E-state index contributed by atoms with van der Waals surface area (Å²) in [5.41, 5.74) is 0. The van der Waals surface area contributed by atoms with Gasteiger partial charge >= 0.3 is 0 Å². The summed E-state index contributed by atoms with van der Waals surface area (Å²) in [6.07, 6.45) is 50.1. The zero-order valence-corrected chi connectivity index (χ0v) is 37.0. The lowest BCUT2D eigenvalue weighted by atomic mass is 10.0. The molecule has 0 aromatic carbocycles. The number of rotatable bonds is 47. The van der Waals surface area contributed by atoms with Crippen LogP contribution in [0.5, 0.6) is 0 Å². The van der Waals surface area contributed by atoms with Crippen molar-refractivity contribution in [2.24, 2.45) is 5.92 Å². The van der Waals surface area contributed by atoms with Crippen LogP contribution in [0.25, 0.3) is 0 Å². The Kier molecular flexibility index (Phi) is 48.9. The summed E-state index contributed by atoms with van der Waals surface area (Å²) >= 11 is 4.34. The third kappa shape index (κ3) is 48.4. The molecule has 0 fully saturated rings. The molecule has 0 rings (SSSR count). The van der Waals surface area contributed by atoms with Gasteiger partial charge in [0.2, 0.25) is 9.76 Å². The van der Waals surface area contributed by atoms with Crippen LogP contribution in [0.4, 0.5) is 0 Å². The van der Waals surface area contributed by atoms with Crippen molar-refractivity contribution in [3.63, 3.8) is 0 Å². The van der Waals surface area contributed by atoms with Crippen molar-refractivity contribution in [2.75, 3.05) is 38.8 Å². The van der Waals surface area contributed by atoms with Crippen LogP contribution in [0.2, 0.25) is 6.04 Å². The van der Waals surface area contributed by atoms with Gasteiger partial charge in [-0.15, -0.1) is 0 Å². The van der Waals surface area contributed by atoms with Crippen LogP contribution < -0.4 is 0 Å². The standard InChI is InChI=1S/C46H94O3SSi/c1-3-4-5-6-7-8-19-24-29-34-39-47-40-36-31-26-21-16-13-14-17-22-27-32-37-42-48-41-35-30-25-20-15-11-9-10-12-18-23-28-33-38-43-49-51-45-46(2)44-50/h46,50H,3-45H2,1-2H3. The monoisotopic (exact) mass is 755 g/mol. The van der Waals surface area contributed by atoms with Gasteiger partial charge in [0.15, 0.2) is 0 Å². The second kappa shape index (κ2) is 48.5. The van der Waals surface area contributed by atoms with Gasteiger partial charge in [-0.2, -0.15) is 12.6 Å². The van der Waals surface area contributed by atoms with E-state index in [-0.39, 0.29) is 0 Å². The molecule has 0 saturated heterocycles. The van der Waals surface area contributed by atoms with E-state index in [0.29, 0.717) is 15.7 Å². The maximum atomic E-state index is 5.91. The second-order valence-electron chi connectivity index (χ2n) is 16.1.